The minimum absolute atomic E-state index is 0.0885. The molecule has 0 saturated heterocycles. The molecule has 0 unspecified atom stereocenters. The van der Waals surface area contributed by atoms with E-state index < -0.39 is 17.7 Å². The molecule has 0 aliphatic rings. The topological polar surface area (TPSA) is 42.1 Å². The number of alkyl halides is 2. The van der Waals surface area contributed by atoms with Crippen LogP contribution < -0.4 is 10.3 Å². The van der Waals surface area contributed by atoms with Crippen molar-refractivity contribution < 1.29 is 13.5 Å². The van der Waals surface area contributed by atoms with Crippen LogP contribution in [0.3, 0.4) is 0 Å². The van der Waals surface area contributed by atoms with Crippen LogP contribution in [-0.4, -0.2) is 12.1 Å². The lowest BCUT2D eigenvalue weighted by Crippen LogP contribution is -2.12. The average molecular weight is 210 g/mol. The smallest absolute Gasteiger partial charge is 0.290 e. The molecule has 0 spiro atoms. The Kier molecular flexibility index (Phi) is 2.87. The van der Waals surface area contributed by atoms with Crippen molar-refractivity contribution in [1.29, 1.82) is 0 Å². The van der Waals surface area contributed by atoms with Gasteiger partial charge in [-0.3, -0.25) is 4.79 Å². The van der Waals surface area contributed by atoms with E-state index >= 15 is 0 Å². The van der Waals surface area contributed by atoms with Crippen molar-refractivity contribution >= 4 is 11.6 Å². The van der Waals surface area contributed by atoms with Gasteiger partial charge < -0.3 is 9.72 Å². The second-order valence-corrected chi connectivity index (χ2v) is 2.64. The maximum absolute atomic E-state index is 12.1. The van der Waals surface area contributed by atoms with Gasteiger partial charge in [0.25, 0.3) is 12.0 Å². The predicted octanol–water partition coefficient (Wildman–Crippen LogP) is 1.97. The monoisotopic (exact) mass is 209 g/mol. The third-order valence-corrected chi connectivity index (χ3v) is 1.74. The number of ether oxygens (including phenoxy) is 1. The molecule has 1 rings (SSSR count). The highest BCUT2D eigenvalue weighted by molar-refractivity contribution is 6.31. The molecule has 0 radical (unpaired) electrons. The molecule has 0 atom stereocenters. The van der Waals surface area contributed by atoms with Crippen LogP contribution in [0.4, 0.5) is 8.78 Å². The lowest BCUT2D eigenvalue weighted by Gasteiger charge is -2.04. The van der Waals surface area contributed by atoms with Gasteiger partial charge in [-0.15, -0.1) is 0 Å². The SMILES string of the molecule is COc1cc(Cl)c(C(F)F)[nH]c1=O. The molecule has 0 amide bonds. The minimum Gasteiger partial charge on any atom is -0.491 e. The van der Waals surface area contributed by atoms with Gasteiger partial charge >= 0.3 is 0 Å². The summed E-state index contributed by atoms with van der Waals surface area (Å²) >= 11 is 5.44. The minimum atomic E-state index is -2.80. The molecule has 0 aliphatic carbocycles. The Balaban J connectivity index is 3.29. The number of halogens is 3. The Morgan fingerprint density at radius 2 is 2.23 bits per heavy atom. The summed E-state index contributed by atoms with van der Waals surface area (Å²) in [5, 5.41) is -0.216. The molecular weight excluding hydrogens is 204 g/mol. The number of aromatic amines is 1. The summed E-state index contributed by atoms with van der Waals surface area (Å²) in [5.74, 6) is -0.0885. The molecule has 1 N–H and O–H groups in total. The largest absolute Gasteiger partial charge is 0.491 e. The lowest BCUT2D eigenvalue weighted by molar-refractivity contribution is 0.145. The summed E-state index contributed by atoms with van der Waals surface area (Å²) in [6.45, 7) is 0. The number of hydrogen-bond acceptors (Lipinski definition) is 2. The molecule has 0 saturated carbocycles. The Morgan fingerprint density at radius 1 is 1.62 bits per heavy atom. The number of hydrogen-bond donors (Lipinski definition) is 1. The molecule has 0 aromatic carbocycles. The fraction of sp³-hybridized carbons (Fsp3) is 0.286. The molecule has 72 valence electrons. The highest BCUT2D eigenvalue weighted by Gasteiger charge is 2.15. The number of H-pyrrole nitrogens is 1. The molecule has 1 aromatic rings. The summed E-state index contributed by atoms with van der Waals surface area (Å²) in [6, 6.07) is 1.06. The number of methoxy groups -OCH3 is 1. The molecule has 1 aromatic heterocycles. The second-order valence-electron chi connectivity index (χ2n) is 2.23. The molecule has 0 aliphatic heterocycles. The molecule has 0 bridgehead atoms. The van der Waals surface area contributed by atoms with Crippen molar-refractivity contribution in [2.45, 2.75) is 6.43 Å². The third kappa shape index (κ3) is 1.98. The van der Waals surface area contributed by atoms with Crippen LogP contribution in [0.25, 0.3) is 0 Å². The number of pyridine rings is 1. The van der Waals surface area contributed by atoms with Crippen LogP contribution in [-0.2, 0) is 0 Å². The van der Waals surface area contributed by atoms with E-state index in [1.807, 2.05) is 4.98 Å². The van der Waals surface area contributed by atoms with Crippen LogP contribution >= 0.6 is 11.6 Å². The van der Waals surface area contributed by atoms with Crippen LogP contribution in [0.1, 0.15) is 12.1 Å². The summed E-state index contributed by atoms with van der Waals surface area (Å²) < 4.78 is 28.9. The Bertz CT molecular complexity index is 364. The first-order chi connectivity index (χ1) is 6.06. The Labute approximate surface area is 77.3 Å². The van der Waals surface area contributed by atoms with E-state index in [4.69, 9.17) is 11.6 Å². The fourth-order valence-corrected chi connectivity index (χ4v) is 1.04. The van der Waals surface area contributed by atoms with Crippen LogP contribution in [0.15, 0.2) is 10.9 Å². The van der Waals surface area contributed by atoms with Crippen molar-refractivity contribution in [2.24, 2.45) is 0 Å². The van der Waals surface area contributed by atoms with Crippen molar-refractivity contribution in [3.63, 3.8) is 0 Å². The first-order valence-corrected chi connectivity index (χ1v) is 3.69. The zero-order valence-electron chi connectivity index (χ0n) is 6.61. The lowest BCUT2D eigenvalue weighted by atomic mass is 10.3. The molecule has 6 heteroatoms. The van der Waals surface area contributed by atoms with E-state index in [9.17, 15) is 13.6 Å². The van der Waals surface area contributed by atoms with E-state index in [1.165, 1.54) is 7.11 Å². The molecule has 3 nitrogen and oxygen atoms in total. The number of nitrogens with one attached hydrogen (secondary N) is 1. The molecule has 0 fully saturated rings. The average Bonchev–Trinajstić information content (AvgIpc) is 2.07. The number of rotatable bonds is 2. The number of aromatic nitrogens is 1. The zero-order chi connectivity index (χ0) is 10.0. The van der Waals surface area contributed by atoms with Crippen LogP contribution in [0.5, 0.6) is 5.75 Å². The second kappa shape index (κ2) is 3.74. The van der Waals surface area contributed by atoms with E-state index in [0.717, 1.165) is 6.07 Å². The standard InChI is InChI=1S/C7H6ClF2NO2/c1-13-4-2-3(8)5(6(9)10)11-7(4)12/h2,6H,1H3,(H,11,12). The maximum atomic E-state index is 12.1. The van der Waals surface area contributed by atoms with Gasteiger partial charge in [-0.25, -0.2) is 8.78 Å². The first-order valence-electron chi connectivity index (χ1n) is 3.31. The molecular formula is C7H6ClF2NO2. The van der Waals surface area contributed by atoms with Gasteiger partial charge in [-0.1, -0.05) is 11.6 Å². The van der Waals surface area contributed by atoms with Crippen LogP contribution in [0, 0.1) is 0 Å². The quantitative estimate of drug-likeness (QED) is 0.809. The maximum Gasteiger partial charge on any atom is 0.290 e. The van der Waals surface area contributed by atoms with Gasteiger partial charge in [-0.05, 0) is 0 Å². The Hall–Kier alpha value is -1.10. The van der Waals surface area contributed by atoms with Gasteiger partial charge in [0.15, 0.2) is 5.75 Å². The summed E-state index contributed by atoms with van der Waals surface area (Å²) in [7, 11) is 1.25. The zero-order valence-corrected chi connectivity index (χ0v) is 7.36. The fourth-order valence-electron chi connectivity index (χ4n) is 0.812. The summed E-state index contributed by atoms with van der Waals surface area (Å²) in [5.41, 5.74) is -1.31. The van der Waals surface area contributed by atoms with Gasteiger partial charge in [0, 0.05) is 6.07 Å². The van der Waals surface area contributed by atoms with Crippen molar-refractivity contribution in [2.75, 3.05) is 7.11 Å². The van der Waals surface area contributed by atoms with E-state index in [0.29, 0.717) is 0 Å². The van der Waals surface area contributed by atoms with Gasteiger partial charge in [0.1, 0.15) is 5.69 Å². The highest BCUT2D eigenvalue weighted by Crippen LogP contribution is 2.25. The van der Waals surface area contributed by atoms with Crippen molar-refractivity contribution in [3.05, 3.63) is 27.1 Å². The van der Waals surface area contributed by atoms with E-state index in [2.05, 4.69) is 4.74 Å². The normalized spacial score (nSPS) is 10.5. The third-order valence-electron chi connectivity index (χ3n) is 1.43. The first kappa shape index (κ1) is 9.98. The molecule has 13 heavy (non-hydrogen) atoms. The van der Waals surface area contributed by atoms with Gasteiger partial charge in [0.05, 0.1) is 12.1 Å². The Morgan fingerprint density at radius 3 is 2.69 bits per heavy atom. The molecule has 1 heterocycles. The summed E-state index contributed by atoms with van der Waals surface area (Å²) in [4.78, 5) is 12.9. The van der Waals surface area contributed by atoms with E-state index in [-0.39, 0.29) is 10.8 Å². The van der Waals surface area contributed by atoms with Crippen LogP contribution in [0.2, 0.25) is 5.02 Å². The highest BCUT2D eigenvalue weighted by atomic mass is 35.5. The van der Waals surface area contributed by atoms with Gasteiger partial charge in [0.2, 0.25) is 0 Å². The predicted molar refractivity (Wildman–Crippen MR) is 43.6 cm³/mol. The van der Waals surface area contributed by atoms with E-state index in [1.54, 1.807) is 0 Å². The summed E-state index contributed by atoms with van der Waals surface area (Å²) in [6.07, 6.45) is -2.80. The van der Waals surface area contributed by atoms with Crippen molar-refractivity contribution in [3.8, 4) is 5.75 Å². The van der Waals surface area contributed by atoms with Gasteiger partial charge in [-0.2, -0.15) is 0 Å². The van der Waals surface area contributed by atoms with Crippen molar-refractivity contribution in [1.82, 2.24) is 4.98 Å².